The third-order valence-electron chi connectivity index (χ3n) is 3.91. The second-order valence-electron chi connectivity index (χ2n) is 5.09. The number of benzene rings is 2. The highest BCUT2D eigenvalue weighted by atomic mass is 35.5. The van der Waals surface area contributed by atoms with Gasteiger partial charge in [0, 0.05) is 16.0 Å². The third-order valence-corrected chi connectivity index (χ3v) is 4.26. The first-order valence-electron chi connectivity index (χ1n) is 6.32. The number of rotatable bonds is 3. The summed E-state index contributed by atoms with van der Waals surface area (Å²) in [6.45, 7) is 0. The summed E-state index contributed by atoms with van der Waals surface area (Å²) in [6, 6.07) is 14.0. The topological polar surface area (TPSA) is 20.2 Å². The van der Waals surface area contributed by atoms with E-state index in [4.69, 9.17) is 11.6 Å². The Labute approximate surface area is 116 Å². The Morgan fingerprint density at radius 3 is 2.42 bits per heavy atom. The zero-order valence-electron chi connectivity index (χ0n) is 10.3. The van der Waals surface area contributed by atoms with Crippen LogP contribution in [0, 0.1) is 5.82 Å². The van der Waals surface area contributed by atoms with Gasteiger partial charge in [-0.3, -0.25) is 0 Å². The molecule has 0 radical (unpaired) electrons. The van der Waals surface area contributed by atoms with E-state index in [1.54, 1.807) is 0 Å². The molecular formula is C16H14ClFO. The molecule has 0 aromatic heterocycles. The molecule has 0 heterocycles. The average Bonchev–Trinajstić information content (AvgIpc) is 3.23. The van der Waals surface area contributed by atoms with Crippen LogP contribution in [-0.2, 0) is 5.41 Å². The molecule has 1 aliphatic rings. The predicted octanol–water partition coefficient (Wildman–Crippen LogP) is 4.24. The highest BCUT2D eigenvalue weighted by Crippen LogP contribution is 2.57. The van der Waals surface area contributed by atoms with Crippen LogP contribution in [0.1, 0.15) is 30.1 Å². The first kappa shape index (κ1) is 12.6. The van der Waals surface area contributed by atoms with Crippen molar-refractivity contribution in [1.82, 2.24) is 0 Å². The van der Waals surface area contributed by atoms with Crippen molar-refractivity contribution in [1.29, 1.82) is 0 Å². The van der Waals surface area contributed by atoms with Gasteiger partial charge in [0.2, 0.25) is 0 Å². The average molecular weight is 277 g/mol. The largest absolute Gasteiger partial charge is 0.387 e. The van der Waals surface area contributed by atoms with Gasteiger partial charge >= 0.3 is 0 Å². The molecule has 0 saturated heterocycles. The minimum absolute atomic E-state index is 0.307. The fraction of sp³-hybridized carbons (Fsp3) is 0.250. The maximum Gasteiger partial charge on any atom is 0.123 e. The molecule has 3 heteroatoms. The van der Waals surface area contributed by atoms with Gasteiger partial charge in [-0.25, -0.2) is 4.39 Å². The minimum atomic E-state index is -0.766. The second kappa shape index (κ2) is 4.62. The van der Waals surface area contributed by atoms with E-state index >= 15 is 0 Å². The minimum Gasteiger partial charge on any atom is -0.387 e. The molecule has 1 atom stereocenters. The number of aliphatic hydroxyl groups excluding tert-OH is 1. The van der Waals surface area contributed by atoms with Crippen molar-refractivity contribution in [3.63, 3.8) is 0 Å². The Balaban J connectivity index is 2.00. The lowest BCUT2D eigenvalue weighted by Crippen LogP contribution is -2.18. The van der Waals surface area contributed by atoms with E-state index in [2.05, 4.69) is 0 Å². The van der Waals surface area contributed by atoms with Crippen molar-refractivity contribution >= 4 is 11.6 Å². The number of hydrogen-bond acceptors (Lipinski definition) is 1. The summed E-state index contributed by atoms with van der Waals surface area (Å²) < 4.78 is 13.3. The van der Waals surface area contributed by atoms with Crippen molar-refractivity contribution in [2.75, 3.05) is 0 Å². The van der Waals surface area contributed by atoms with Gasteiger partial charge in [0.1, 0.15) is 5.82 Å². The highest BCUT2D eigenvalue weighted by Gasteiger charge is 2.51. The lowest BCUT2D eigenvalue weighted by Gasteiger charge is -2.24. The molecule has 0 amide bonds. The van der Waals surface area contributed by atoms with Crippen LogP contribution in [0.4, 0.5) is 4.39 Å². The SMILES string of the molecule is OC(c1cc(F)ccc1Cl)C1(c2ccccc2)CC1. The summed E-state index contributed by atoms with van der Waals surface area (Å²) in [5.41, 5.74) is 1.25. The Bertz CT molecular complexity index is 593. The van der Waals surface area contributed by atoms with Gasteiger partial charge in [-0.15, -0.1) is 0 Å². The van der Waals surface area contributed by atoms with Crippen molar-refractivity contribution in [3.05, 3.63) is 70.5 Å². The van der Waals surface area contributed by atoms with Crippen LogP contribution in [0.5, 0.6) is 0 Å². The van der Waals surface area contributed by atoms with E-state index in [9.17, 15) is 9.50 Å². The first-order valence-corrected chi connectivity index (χ1v) is 6.70. The molecule has 1 N–H and O–H groups in total. The van der Waals surface area contributed by atoms with Crippen molar-refractivity contribution in [2.45, 2.75) is 24.4 Å². The summed E-state index contributed by atoms with van der Waals surface area (Å²) in [5.74, 6) is -0.373. The van der Waals surface area contributed by atoms with Crippen molar-refractivity contribution < 1.29 is 9.50 Å². The molecule has 19 heavy (non-hydrogen) atoms. The van der Waals surface area contributed by atoms with Gasteiger partial charge in [-0.05, 0) is 36.6 Å². The van der Waals surface area contributed by atoms with Crippen LogP contribution in [0.2, 0.25) is 5.02 Å². The Hall–Kier alpha value is -1.38. The molecule has 1 nitrogen and oxygen atoms in total. The Morgan fingerprint density at radius 2 is 1.79 bits per heavy atom. The summed E-state index contributed by atoms with van der Waals surface area (Å²) in [4.78, 5) is 0. The molecule has 1 unspecified atom stereocenters. The smallest absolute Gasteiger partial charge is 0.123 e. The van der Waals surface area contributed by atoms with E-state index in [1.807, 2.05) is 30.3 Å². The number of aliphatic hydroxyl groups is 1. The third kappa shape index (κ3) is 2.15. The molecule has 1 fully saturated rings. The molecular weight excluding hydrogens is 263 g/mol. The van der Waals surface area contributed by atoms with Crippen LogP contribution in [-0.4, -0.2) is 5.11 Å². The molecule has 1 saturated carbocycles. The van der Waals surface area contributed by atoms with Crippen LogP contribution in [0.15, 0.2) is 48.5 Å². The summed E-state index contributed by atoms with van der Waals surface area (Å²) in [7, 11) is 0. The summed E-state index contributed by atoms with van der Waals surface area (Å²) in [6.07, 6.45) is 1.02. The van der Waals surface area contributed by atoms with Gasteiger partial charge < -0.3 is 5.11 Å². The van der Waals surface area contributed by atoms with E-state index < -0.39 is 6.10 Å². The van der Waals surface area contributed by atoms with Gasteiger partial charge in [0.15, 0.2) is 0 Å². The Morgan fingerprint density at radius 1 is 1.11 bits per heavy atom. The van der Waals surface area contributed by atoms with Crippen LogP contribution in [0.25, 0.3) is 0 Å². The van der Waals surface area contributed by atoms with Crippen LogP contribution in [0.3, 0.4) is 0 Å². The Kier molecular flexibility index (Phi) is 3.08. The molecule has 3 rings (SSSR count). The lowest BCUT2D eigenvalue weighted by atomic mass is 9.86. The zero-order valence-corrected chi connectivity index (χ0v) is 11.1. The maximum atomic E-state index is 13.3. The van der Waals surface area contributed by atoms with Crippen LogP contribution >= 0.6 is 11.6 Å². The maximum absolute atomic E-state index is 13.3. The fourth-order valence-electron chi connectivity index (χ4n) is 2.65. The standard InChI is InChI=1S/C16H14ClFO/c17-14-7-6-12(18)10-13(14)15(19)16(8-9-16)11-4-2-1-3-5-11/h1-7,10,15,19H,8-9H2. The molecule has 0 bridgehead atoms. The molecule has 0 spiro atoms. The van der Waals surface area contributed by atoms with Gasteiger partial charge in [0.05, 0.1) is 6.10 Å². The number of halogens is 2. The van der Waals surface area contributed by atoms with E-state index in [0.29, 0.717) is 10.6 Å². The zero-order chi connectivity index (χ0) is 13.5. The number of hydrogen-bond donors (Lipinski definition) is 1. The van der Waals surface area contributed by atoms with Crippen LogP contribution < -0.4 is 0 Å². The first-order chi connectivity index (χ1) is 9.13. The van der Waals surface area contributed by atoms with Gasteiger partial charge in [-0.1, -0.05) is 41.9 Å². The summed E-state index contributed by atoms with van der Waals surface area (Å²) >= 11 is 6.09. The monoisotopic (exact) mass is 276 g/mol. The molecule has 1 aliphatic carbocycles. The normalized spacial score (nSPS) is 18.1. The van der Waals surface area contributed by atoms with Crippen molar-refractivity contribution in [3.8, 4) is 0 Å². The van der Waals surface area contributed by atoms with Gasteiger partial charge in [0.25, 0.3) is 0 Å². The lowest BCUT2D eigenvalue weighted by molar-refractivity contribution is 0.133. The molecule has 98 valence electrons. The van der Waals surface area contributed by atoms with E-state index in [0.717, 1.165) is 18.4 Å². The van der Waals surface area contributed by atoms with Gasteiger partial charge in [-0.2, -0.15) is 0 Å². The molecule has 2 aromatic carbocycles. The molecule has 0 aliphatic heterocycles. The molecule has 2 aromatic rings. The quantitative estimate of drug-likeness (QED) is 0.889. The predicted molar refractivity (Wildman–Crippen MR) is 73.7 cm³/mol. The summed E-state index contributed by atoms with van der Waals surface area (Å²) in [5, 5.41) is 11.0. The highest BCUT2D eigenvalue weighted by molar-refractivity contribution is 6.31. The second-order valence-corrected chi connectivity index (χ2v) is 5.50. The van der Waals surface area contributed by atoms with E-state index in [1.165, 1.54) is 18.2 Å². The van der Waals surface area contributed by atoms with E-state index in [-0.39, 0.29) is 11.2 Å². The fourth-order valence-corrected chi connectivity index (χ4v) is 2.87. The van der Waals surface area contributed by atoms with Crippen molar-refractivity contribution in [2.24, 2.45) is 0 Å².